The van der Waals surface area contributed by atoms with Gasteiger partial charge in [-0.2, -0.15) is 0 Å². The van der Waals surface area contributed by atoms with E-state index in [-0.39, 0.29) is 5.56 Å². The summed E-state index contributed by atoms with van der Waals surface area (Å²) in [7, 11) is 0. The van der Waals surface area contributed by atoms with E-state index in [1.165, 1.54) is 22.6 Å². The number of hydrogen-bond donors (Lipinski definition) is 2. The van der Waals surface area contributed by atoms with Crippen molar-refractivity contribution >= 4 is 11.3 Å². The van der Waals surface area contributed by atoms with Gasteiger partial charge >= 0.3 is 0 Å². The Kier molecular flexibility index (Phi) is 3.58. The first kappa shape index (κ1) is 13.7. The molecule has 0 amide bonds. The number of thiophene rings is 1. The first-order valence-electron chi connectivity index (χ1n) is 6.64. The summed E-state index contributed by atoms with van der Waals surface area (Å²) in [4.78, 5) is 2.19. The Labute approximate surface area is 120 Å². The van der Waals surface area contributed by atoms with Gasteiger partial charge in [0.1, 0.15) is 11.6 Å². The van der Waals surface area contributed by atoms with Crippen LogP contribution in [-0.2, 0) is 12.8 Å². The lowest BCUT2D eigenvalue weighted by atomic mass is 10.0. The Hall–Kier alpha value is -1.30. The SMILES string of the molecule is Cc1ccc(F)c(C(NN)c2cc3c(s2)CCC3)c1F. The zero-order chi connectivity index (χ0) is 14.3. The molecule has 1 atom stereocenters. The summed E-state index contributed by atoms with van der Waals surface area (Å²) in [6, 6.07) is 4.12. The fourth-order valence-corrected chi connectivity index (χ4v) is 4.07. The van der Waals surface area contributed by atoms with Crippen molar-refractivity contribution in [3.63, 3.8) is 0 Å². The maximum atomic E-state index is 14.3. The van der Waals surface area contributed by atoms with Gasteiger partial charge in [0.2, 0.25) is 0 Å². The smallest absolute Gasteiger partial charge is 0.134 e. The van der Waals surface area contributed by atoms with Crippen LogP contribution < -0.4 is 11.3 Å². The molecule has 2 nitrogen and oxygen atoms in total. The van der Waals surface area contributed by atoms with Crippen LogP contribution in [0.25, 0.3) is 0 Å². The van der Waals surface area contributed by atoms with Gasteiger partial charge in [0.05, 0.1) is 6.04 Å². The number of fused-ring (bicyclic) bond motifs is 1. The molecule has 1 aliphatic rings. The van der Waals surface area contributed by atoms with Crippen LogP contribution in [0.1, 0.15) is 38.9 Å². The third kappa shape index (κ3) is 2.16. The van der Waals surface area contributed by atoms with Gasteiger partial charge in [-0.1, -0.05) is 6.07 Å². The van der Waals surface area contributed by atoms with Crippen LogP contribution >= 0.6 is 11.3 Å². The van der Waals surface area contributed by atoms with Gasteiger partial charge in [0, 0.05) is 15.3 Å². The van der Waals surface area contributed by atoms with Crippen LogP contribution in [0.3, 0.4) is 0 Å². The van der Waals surface area contributed by atoms with Crippen molar-refractivity contribution in [1.29, 1.82) is 0 Å². The van der Waals surface area contributed by atoms with E-state index in [0.29, 0.717) is 5.56 Å². The summed E-state index contributed by atoms with van der Waals surface area (Å²) in [6.07, 6.45) is 3.26. The topological polar surface area (TPSA) is 38.0 Å². The van der Waals surface area contributed by atoms with Gasteiger partial charge in [-0.15, -0.1) is 11.3 Å². The molecule has 0 aliphatic heterocycles. The highest BCUT2D eigenvalue weighted by Gasteiger charge is 2.26. The fraction of sp³-hybridized carbons (Fsp3) is 0.333. The minimum absolute atomic E-state index is 0.00687. The van der Waals surface area contributed by atoms with Crippen LogP contribution in [0.15, 0.2) is 18.2 Å². The van der Waals surface area contributed by atoms with Crippen LogP contribution in [0.4, 0.5) is 8.78 Å². The molecular weight excluding hydrogens is 278 g/mol. The van der Waals surface area contributed by atoms with Crippen molar-refractivity contribution in [3.05, 3.63) is 56.3 Å². The zero-order valence-electron chi connectivity index (χ0n) is 11.2. The Morgan fingerprint density at radius 3 is 2.80 bits per heavy atom. The first-order valence-corrected chi connectivity index (χ1v) is 7.45. The molecule has 1 aromatic heterocycles. The van der Waals surface area contributed by atoms with Crippen molar-refractivity contribution in [2.75, 3.05) is 0 Å². The van der Waals surface area contributed by atoms with Crippen LogP contribution in [0, 0.1) is 18.6 Å². The molecule has 20 heavy (non-hydrogen) atoms. The molecule has 106 valence electrons. The monoisotopic (exact) mass is 294 g/mol. The molecule has 0 spiro atoms. The largest absolute Gasteiger partial charge is 0.271 e. The summed E-state index contributed by atoms with van der Waals surface area (Å²) < 4.78 is 28.3. The molecule has 5 heteroatoms. The quantitative estimate of drug-likeness (QED) is 0.673. The number of hydrazine groups is 1. The van der Waals surface area contributed by atoms with E-state index in [0.717, 1.165) is 24.1 Å². The van der Waals surface area contributed by atoms with E-state index in [2.05, 4.69) is 5.43 Å². The van der Waals surface area contributed by atoms with Crippen molar-refractivity contribution in [2.45, 2.75) is 32.2 Å². The lowest BCUT2D eigenvalue weighted by Gasteiger charge is -2.17. The van der Waals surface area contributed by atoms with E-state index < -0.39 is 17.7 Å². The normalized spacial score (nSPS) is 15.4. The van der Waals surface area contributed by atoms with Gasteiger partial charge in [0.25, 0.3) is 0 Å². The van der Waals surface area contributed by atoms with Crippen LogP contribution in [0.2, 0.25) is 0 Å². The molecule has 0 saturated carbocycles. The second-order valence-electron chi connectivity index (χ2n) is 5.14. The summed E-state index contributed by atoms with van der Waals surface area (Å²) in [5.41, 5.74) is 4.28. The second-order valence-corrected chi connectivity index (χ2v) is 6.31. The number of nitrogens with two attached hydrogens (primary N) is 1. The minimum atomic E-state index is -0.634. The molecule has 0 radical (unpaired) electrons. The molecule has 3 N–H and O–H groups in total. The van der Waals surface area contributed by atoms with E-state index in [1.54, 1.807) is 18.3 Å². The molecule has 1 aliphatic carbocycles. The average Bonchev–Trinajstić information content (AvgIpc) is 3.00. The van der Waals surface area contributed by atoms with Gasteiger partial charge in [-0.25, -0.2) is 14.2 Å². The van der Waals surface area contributed by atoms with Gasteiger partial charge in [-0.3, -0.25) is 5.84 Å². The Morgan fingerprint density at radius 1 is 1.30 bits per heavy atom. The van der Waals surface area contributed by atoms with Gasteiger partial charge in [-0.05, 0) is 49.4 Å². The Bertz CT molecular complexity index is 630. The highest BCUT2D eigenvalue weighted by atomic mass is 32.1. The number of halogens is 2. The number of hydrogen-bond acceptors (Lipinski definition) is 3. The highest BCUT2D eigenvalue weighted by molar-refractivity contribution is 7.12. The summed E-state index contributed by atoms with van der Waals surface area (Å²) in [6.45, 7) is 1.63. The molecule has 1 aromatic carbocycles. The molecule has 2 aromatic rings. The van der Waals surface area contributed by atoms with Crippen molar-refractivity contribution in [1.82, 2.24) is 5.43 Å². The zero-order valence-corrected chi connectivity index (χ0v) is 12.0. The van der Waals surface area contributed by atoms with E-state index in [9.17, 15) is 8.78 Å². The minimum Gasteiger partial charge on any atom is -0.271 e. The molecule has 1 heterocycles. The third-order valence-electron chi connectivity index (χ3n) is 3.83. The van der Waals surface area contributed by atoms with Gasteiger partial charge in [0.15, 0.2) is 0 Å². The van der Waals surface area contributed by atoms with E-state index in [4.69, 9.17) is 5.84 Å². The van der Waals surface area contributed by atoms with Crippen LogP contribution in [0.5, 0.6) is 0 Å². The van der Waals surface area contributed by atoms with E-state index >= 15 is 0 Å². The predicted molar refractivity (Wildman–Crippen MR) is 76.6 cm³/mol. The number of rotatable bonds is 3. The lowest BCUT2D eigenvalue weighted by Crippen LogP contribution is -2.30. The van der Waals surface area contributed by atoms with E-state index in [1.807, 2.05) is 6.07 Å². The molecule has 1 unspecified atom stereocenters. The molecule has 0 bridgehead atoms. The average molecular weight is 294 g/mol. The number of aryl methyl sites for hydroxylation is 3. The maximum Gasteiger partial charge on any atom is 0.134 e. The number of nitrogens with one attached hydrogen (secondary N) is 1. The van der Waals surface area contributed by atoms with Crippen molar-refractivity contribution in [2.24, 2.45) is 5.84 Å². The number of benzene rings is 1. The summed E-state index contributed by atoms with van der Waals surface area (Å²) >= 11 is 1.60. The van der Waals surface area contributed by atoms with Crippen molar-refractivity contribution < 1.29 is 8.78 Å². The molecule has 0 fully saturated rings. The fourth-order valence-electron chi connectivity index (χ4n) is 2.75. The maximum absolute atomic E-state index is 14.3. The third-order valence-corrected chi connectivity index (χ3v) is 5.13. The van der Waals surface area contributed by atoms with Crippen LogP contribution in [-0.4, -0.2) is 0 Å². The predicted octanol–water partition coefficient (Wildman–Crippen LogP) is 3.38. The molecule has 3 rings (SSSR count). The standard InChI is InChI=1S/C15H16F2N2S/c1-8-5-6-10(16)13(14(8)17)15(19-18)12-7-9-3-2-4-11(9)20-12/h5-7,15,19H,2-4,18H2,1H3. The Morgan fingerprint density at radius 2 is 2.10 bits per heavy atom. The van der Waals surface area contributed by atoms with Crippen molar-refractivity contribution in [3.8, 4) is 0 Å². The second kappa shape index (κ2) is 5.24. The molecular formula is C15H16F2N2S. The summed E-state index contributed by atoms with van der Waals surface area (Å²) in [5, 5.41) is 0. The van der Waals surface area contributed by atoms with Gasteiger partial charge < -0.3 is 0 Å². The highest BCUT2D eigenvalue weighted by Crippen LogP contribution is 2.37. The molecule has 0 saturated heterocycles. The Balaban J connectivity index is 2.07. The summed E-state index contributed by atoms with van der Waals surface area (Å²) in [5.74, 6) is 4.48. The lowest BCUT2D eigenvalue weighted by molar-refractivity contribution is 0.509. The first-order chi connectivity index (χ1) is 9.61.